The van der Waals surface area contributed by atoms with Crippen LogP contribution in [0.25, 0.3) is 0 Å². The number of piperidine rings is 2. The van der Waals surface area contributed by atoms with E-state index in [1.54, 1.807) is 0 Å². The number of nitrogens with one attached hydrogen (secondary N) is 1. The lowest BCUT2D eigenvalue weighted by atomic mass is 9.98. The van der Waals surface area contributed by atoms with Crippen molar-refractivity contribution >= 4 is 23.2 Å². The van der Waals surface area contributed by atoms with Gasteiger partial charge in [-0.15, -0.1) is 0 Å². The molecule has 2 aliphatic heterocycles. The van der Waals surface area contributed by atoms with Crippen LogP contribution < -0.4 is 10.2 Å². The fourth-order valence-electron chi connectivity index (χ4n) is 4.70. The topological polar surface area (TPSA) is 52.7 Å². The number of hydrogen-bond donors (Lipinski definition) is 1. The molecule has 2 saturated heterocycles. The van der Waals surface area contributed by atoms with Gasteiger partial charge in [-0.05, 0) is 68.2 Å². The highest BCUT2D eigenvalue weighted by molar-refractivity contribution is 6.02. The van der Waals surface area contributed by atoms with E-state index in [9.17, 15) is 9.59 Å². The van der Waals surface area contributed by atoms with Crippen molar-refractivity contribution in [2.75, 3.05) is 36.4 Å². The van der Waals surface area contributed by atoms with Crippen molar-refractivity contribution in [3.63, 3.8) is 0 Å². The van der Waals surface area contributed by atoms with Gasteiger partial charge in [0.2, 0.25) is 5.91 Å². The quantitative estimate of drug-likeness (QED) is 0.688. The van der Waals surface area contributed by atoms with Gasteiger partial charge >= 0.3 is 0 Å². The zero-order valence-corrected chi connectivity index (χ0v) is 19.2. The second kappa shape index (κ2) is 10.7. The minimum absolute atomic E-state index is 0.0234. The van der Waals surface area contributed by atoms with Gasteiger partial charge in [-0.2, -0.15) is 0 Å². The van der Waals surface area contributed by atoms with E-state index in [0.717, 1.165) is 68.7 Å². The predicted octanol–water partition coefficient (Wildman–Crippen LogP) is 5.12. The molecule has 2 aliphatic rings. The van der Waals surface area contributed by atoms with Crippen LogP contribution in [-0.2, 0) is 11.2 Å². The second-order valence-electron chi connectivity index (χ2n) is 9.29. The summed E-state index contributed by atoms with van der Waals surface area (Å²) < 4.78 is 0. The number of carbonyl (C=O) groups excluding carboxylic acids is 2. The fourth-order valence-corrected chi connectivity index (χ4v) is 4.70. The minimum Gasteiger partial charge on any atom is -0.371 e. The third-order valence-corrected chi connectivity index (χ3v) is 6.76. The lowest BCUT2D eigenvalue weighted by molar-refractivity contribution is -0.116. The fraction of sp³-hybridized carbons (Fsp3) is 0.481. The smallest absolute Gasteiger partial charge is 0.256 e. The third kappa shape index (κ3) is 5.70. The van der Waals surface area contributed by atoms with Gasteiger partial charge in [-0.3, -0.25) is 9.59 Å². The molecule has 0 aliphatic carbocycles. The van der Waals surface area contributed by atoms with E-state index in [-0.39, 0.29) is 11.8 Å². The molecule has 2 aromatic carbocycles. The first-order valence-electron chi connectivity index (χ1n) is 12.1. The molecule has 2 heterocycles. The number of likely N-dealkylation sites (tertiary alicyclic amines) is 1. The van der Waals surface area contributed by atoms with Crippen molar-refractivity contribution in [2.24, 2.45) is 5.92 Å². The summed E-state index contributed by atoms with van der Waals surface area (Å²) in [7, 11) is 0. The van der Waals surface area contributed by atoms with Crippen LogP contribution in [0, 0.1) is 5.92 Å². The number of aryl methyl sites for hydroxylation is 1. The summed E-state index contributed by atoms with van der Waals surface area (Å²) in [5.41, 5.74) is 3.59. The first kappa shape index (κ1) is 22.4. The standard InChI is InChI=1S/C27H35N3O2/c1-21-14-18-30(19-15-21)27(32)24-20-23(11-12-25(24)29-16-6-3-7-17-29)28-26(31)13-10-22-8-4-2-5-9-22/h2,4-5,8-9,11-12,20-21H,3,6-7,10,13-19H2,1H3,(H,28,31). The molecule has 2 amide bonds. The molecule has 0 saturated carbocycles. The summed E-state index contributed by atoms with van der Waals surface area (Å²) in [6, 6.07) is 15.9. The van der Waals surface area contributed by atoms with Crippen LogP contribution >= 0.6 is 0 Å². The van der Waals surface area contributed by atoms with Crippen molar-refractivity contribution < 1.29 is 9.59 Å². The molecular weight excluding hydrogens is 398 g/mol. The van der Waals surface area contributed by atoms with Crippen LogP contribution in [0.4, 0.5) is 11.4 Å². The summed E-state index contributed by atoms with van der Waals surface area (Å²) >= 11 is 0. The Bertz CT molecular complexity index is 914. The van der Waals surface area contributed by atoms with E-state index in [1.165, 1.54) is 6.42 Å². The van der Waals surface area contributed by atoms with Crippen LogP contribution in [0.15, 0.2) is 48.5 Å². The van der Waals surface area contributed by atoms with Gasteiger partial charge in [0.1, 0.15) is 0 Å². The van der Waals surface area contributed by atoms with Gasteiger partial charge in [0, 0.05) is 44.0 Å². The SMILES string of the molecule is CC1CCN(C(=O)c2cc(NC(=O)CCc3ccccc3)ccc2N2CCCCC2)CC1. The Morgan fingerprint density at radius 2 is 1.66 bits per heavy atom. The van der Waals surface area contributed by atoms with Crippen LogP contribution in [0.3, 0.4) is 0 Å². The highest BCUT2D eigenvalue weighted by atomic mass is 16.2. The Morgan fingerprint density at radius 3 is 2.38 bits per heavy atom. The molecular formula is C27H35N3O2. The van der Waals surface area contributed by atoms with Gasteiger partial charge in [0.15, 0.2) is 0 Å². The summed E-state index contributed by atoms with van der Waals surface area (Å²) in [6.07, 6.45) is 6.81. The van der Waals surface area contributed by atoms with Gasteiger partial charge < -0.3 is 15.1 Å². The molecule has 4 rings (SSSR count). The molecule has 0 radical (unpaired) electrons. The normalized spacial score (nSPS) is 17.3. The van der Waals surface area contributed by atoms with Gasteiger partial charge in [0.25, 0.3) is 5.91 Å². The third-order valence-electron chi connectivity index (χ3n) is 6.76. The largest absolute Gasteiger partial charge is 0.371 e. The molecule has 170 valence electrons. The summed E-state index contributed by atoms with van der Waals surface area (Å²) in [5.74, 6) is 0.749. The molecule has 32 heavy (non-hydrogen) atoms. The maximum atomic E-state index is 13.5. The summed E-state index contributed by atoms with van der Waals surface area (Å²) in [5, 5.41) is 3.02. The van der Waals surface area contributed by atoms with Crippen molar-refractivity contribution in [2.45, 2.75) is 51.9 Å². The Kier molecular flexibility index (Phi) is 7.46. The van der Waals surface area contributed by atoms with Crippen molar-refractivity contribution in [3.8, 4) is 0 Å². The number of amides is 2. The van der Waals surface area contributed by atoms with E-state index in [4.69, 9.17) is 0 Å². The molecule has 0 aromatic heterocycles. The molecule has 5 nitrogen and oxygen atoms in total. The maximum absolute atomic E-state index is 13.5. The summed E-state index contributed by atoms with van der Waals surface area (Å²) in [6.45, 7) is 5.85. The van der Waals surface area contributed by atoms with Crippen molar-refractivity contribution in [1.82, 2.24) is 4.90 Å². The molecule has 1 N–H and O–H groups in total. The number of nitrogens with zero attached hydrogens (tertiary/aromatic N) is 2. The van der Waals surface area contributed by atoms with Gasteiger partial charge in [-0.25, -0.2) is 0 Å². The molecule has 0 atom stereocenters. The predicted molar refractivity (Wildman–Crippen MR) is 130 cm³/mol. The molecule has 5 heteroatoms. The zero-order chi connectivity index (χ0) is 22.3. The van der Waals surface area contributed by atoms with Crippen LogP contribution in [0.5, 0.6) is 0 Å². The second-order valence-corrected chi connectivity index (χ2v) is 9.29. The number of benzene rings is 2. The van der Waals surface area contributed by atoms with E-state index in [1.807, 2.05) is 53.4 Å². The van der Waals surface area contributed by atoms with Crippen molar-refractivity contribution in [3.05, 3.63) is 59.7 Å². The number of hydrogen-bond acceptors (Lipinski definition) is 3. The number of anilines is 2. The van der Waals surface area contributed by atoms with E-state index < -0.39 is 0 Å². The summed E-state index contributed by atoms with van der Waals surface area (Å²) in [4.78, 5) is 30.4. The van der Waals surface area contributed by atoms with E-state index >= 15 is 0 Å². The van der Waals surface area contributed by atoms with E-state index in [0.29, 0.717) is 24.4 Å². The van der Waals surface area contributed by atoms with Crippen LogP contribution in [-0.4, -0.2) is 42.9 Å². The lowest BCUT2D eigenvalue weighted by Gasteiger charge is -2.34. The molecule has 0 spiro atoms. The van der Waals surface area contributed by atoms with Crippen LogP contribution in [0.2, 0.25) is 0 Å². The average molecular weight is 434 g/mol. The Balaban J connectivity index is 1.50. The highest BCUT2D eigenvalue weighted by Crippen LogP contribution is 2.30. The lowest BCUT2D eigenvalue weighted by Crippen LogP contribution is -2.39. The Hall–Kier alpha value is -2.82. The van der Waals surface area contributed by atoms with Crippen molar-refractivity contribution in [1.29, 1.82) is 0 Å². The Morgan fingerprint density at radius 1 is 0.938 bits per heavy atom. The monoisotopic (exact) mass is 433 g/mol. The average Bonchev–Trinajstić information content (AvgIpc) is 2.84. The number of carbonyl (C=O) groups is 2. The molecule has 2 fully saturated rings. The van der Waals surface area contributed by atoms with Crippen LogP contribution in [0.1, 0.15) is 61.4 Å². The molecule has 0 bridgehead atoms. The molecule has 0 unspecified atom stereocenters. The minimum atomic E-state index is -0.0234. The molecule has 2 aromatic rings. The van der Waals surface area contributed by atoms with Gasteiger partial charge in [-0.1, -0.05) is 37.3 Å². The first-order chi connectivity index (χ1) is 15.6. The Labute approximate surface area is 191 Å². The maximum Gasteiger partial charge on any atom is 0.256 e. The zero-order valence-electron chi connectivity index (χ0n) is 19.2. The van der Waals surface area contributed by atoms with E-state index in [2.05, 4.69) is 17.1 Å². The first-order valence-corrected chi connectivity index (χ1v) is 12.1. The highest BCUT2D eigenvalue weighted by Gasteiger charge is 2.26. The van der Waals surface area contributed by atoms with Gasteiger partial charge in [0.05, 0.1) is 5.56 Å². The number of rotatable bonds is 6.